The van der Waals surface area contributed by atoms with E-state index < -0.39 is 5.60 Å². The second-order valence-electron chi connectivity index (χ2n) is 4.62. The molecule has 0 aromatic carbocycles. The molecule has 0 bridgehead atoms. The number of rotatable bonds is 8. The maximum Gasteiger partial charge on any atom is 0.109 e. The van der Waals surface area contributed by atoms with Crippen LogP contribution in [0.2, 0.25) is 0 Å². The third kappa shape index (κ3) is 5.30. The van der Waals surface area contributed by atoms with Gasteiger partial charge in [0.2, 0.25) is 0 Å². The third-order valence-corrected chi connectivity index (χ3v) is 2.80. The molecule has 0 aliphatic carbocycles. The molecule has 5 nitrogen and oxygen atoms in total. The number of ether oxygens (including phenoxy) is 1. The zero-order valence-electron chi connectivity index (χ0n) is 10.9. The first-order chi connectivity index (χ1) is 8.05. The fraction of sp³-hybridized carbons (Fsp3) is 0.750. The van der Waals surface area contributed by atoms with Gasteiger partial charge in [-0.25, -0.2) is 4.98 Å². The van der Waals surface area contributed by atoms with Crippen LogP contribution in [0.4, 0.5) is 0 Å². The van der Waals surface area contributed by atoms with Crippen molar-refractivity contribution in [2.75, 3.05) is 26.8 Å². The zero-order valence-corrected chi connectivity index (χ0v) is 10.9. The van der Waals surface area contributed by atoms with E-state index >= 15 is 0 Å². The van der Waals surface area contributed by atoms with Crippen LogP contribution >= 0.6 is 0 Å². The van der Waals surface area contributed by atoms with Gasteiger partial charge in [0.25, 0.3) is 0 Å². The number of hydrogen-bond acceptors (Lipinski definition) is 4. The summed E-state index contributed by atoms with van der Waals surface area (Å²) in [6, 6.07) is 0. The minimum atomic E-state index is -0.711. The van der Waals surface area contributed by atoms with Crippen LogP contribution in [-0.4, -0.2) is 47.1 Å². The Hall–Kier alpha value is -0.910. The Bertz CT molecular complexity index is 323. The molecule has 0 radical (unpaired) electrons. The molecule has 98 valence electrons. The molecular weight excluding hydrogens is 218 g/mol. The van der Waals surface area contributed by atoms with Gasteiger partial charge in [-0.1, -0.05) is 0 Å². The summed E-state index contributed by atoms with van der Waals surface area (Å²) in [7, 11) is 3.63. The number of nitrogens with one attached hydrogen (secondary N) is 1. The van der Waals surface area contributed by atoms with Crippen molar-refractivity contribution in [2.24, 2.45) is 7.05 Å². The van der Waals surface area contributed by atoms with Crippen LogP contribution in [-0.2, 0) is 18.2 Å². The molecule has 1 atom stereocenters. The molecule has 0 spiro atoms. The van der Waals surface area contributed by atoms with E-state index in [0.717, 1.165) is 18.8 Å². The first-order valence-corrected chi connectivity index (χ1v) is 5.93. The van der Waals surface area contributed by atoms with Crippen molar-refractivity contribution >= 4 is 0 Å². The Kier molecular flexibility index (Phi) is 5.61. The van der Waals surface area contributed by atoms with E-state index in [2.05, 4.69) is 10.3 Å². The van der Waals surface area contributed by atoms with Gasteiger partial charge in [-0.2, -0.15) is 0 Å². The normalized spacial score (nSPS) is 14.8. The topological polar surface area (TPSA) is 59.3 Å². The molecular formula is C12H23N3O2. The van der Waals surface area contributed by atoms with E-state index in [1.54, 1.807) is 13.3 Å². The van der Waals surface area contributed by atoms with Crippen LogP contribution < -0.4 is 5.32 Å². The number of methoxy groups -OCH3 is 1. The van der Waals surface area contributed by atoms with Crippen molar-refractivity contribution in [3.05, 3.63) is 18.2 Å². The maximum atomic E-state index is 9.99. The van der Waals surface area contributed by atoms with Crippen molar-refractivity contribution in [2.45, 2.75) is 25.4 Å². The summed E-state index contributed by atoms with van der Waals surface area (Å²) < 4.78 is 6.96. The fourth-order valence-corrected chi connectivity index (χ4v) is 1.61. The summed E-state index contributed by atoms with van der Waals surface area (Å²) in [4.78, 5) is 4.24. The van der Waals surface area contributed by atoms with Gasteiger partial charge in [0.05, 0.1) is 5.60 Å². The summed E-state index contributed by atoms with van der Waals surface area (Å²) in [6.07, 6.45) is 5.23. The number of nitrogens with zero attached hydrogens (tertiary/aromatic N) is 2. The van der Waals surface area contributed by atoms with Crippen LogP contribution in [0.25, 0.3) is 0 Å². The molecule has 0 fully saturated rings. The molecule has 1 aromatic rings. The summed E-state index contributed by atoms with van der Waals surface area (Å²) >= 11 is 0. The number of aliphatic hydroxyl groups is 1. The van der Waals surface area contributed by atoms with E-state index in [1.807, 2.05) is 24.7 Å². The maximum absolute atomic E-state index is 9.99. The highest BCUT2D eigenvalue weighted by atomic mass is 16.5. The van der Waals surface area contributed by atoms with Crippen molar-refractivity contribution in [1.82, 2.24) is 14.9 Å². The second kappa shape index (κ2) is 6.74. The molecule has 0 saturated carbocycles. The molecule has 1 aromatic heterocycles. The van der Waals surface area contributed by atoms with Crippen molar-refractivity contribution in [3.8, 4) is 0 Å². The van der Waals surface area contributed by atoms with Gasteiger partial charge in [-0.3, -0.25) is 0 Å². The Morgan fingerprint density at radius 1 is 1.59 bits per heavy atom. The number of aromatic nitrogens is 2. The van der Waals surface area contributed by atoms with E-state index in [9.17, 15) is 5.11 Å². The van der Waals surface area contributed by atoms with Gasteiger partial charge in [-0.15, -0.1) is 0 Å². The van der Waals surface area contributed by atoms with Crippen molar-refractivity contribution < 1.29 is 9.84 Å². The van der Waals surface area contributed by atoms with Gasteiger partial charge < -0.3 is 19.7 Å². The SMILES string of the molecule is COCCC(C)(O)CNCCc1nccn1C. The lowest BCUT2D eigenvalue weighted by atomic mass is 10.0. The summed E-state index contributed by atoms with van der Waals surface area (Å²) in [5.74, 6) is 1.05. The highest BCUT2D eigenvalue weighted by Gasteiger charge is 2.18. The number of aryl methyl sites for hydroxylation is 1. The molecule has 0 aliphatic heterocycles. The Morgan fingerprint density at radius 3 is 2.94 bits per heavy atom. The lowest BCUT2D eigenvalue weighted by Crippen LogP contribution is -2.39. The summed E-state index contributed by atoms with van der Waals surface area (Å²) in [5, 5.41) is 13.2. The number of hydrogen-bond donors (Lipinski definition) is 2. The standard InChI is InChI=1S/C12H23N3O2/c1-12(16,5-9-17-3)10-13-6-4-11-14-7-8-15(11)2/h7-8,13,16H,4-6,9-10H2,1-3H3. The highest BCUT2D eigenvalue weighted by Crippen LogP contribution is 2.07. The van der Waals surface area contributed by atoms with Gasteiger partial charge in [-0.05, 0) is 6.92 Å². The first kappa shape index (κ1) is 14.2. The molecule has 0 aliphatic rings. The molecule has 1 unspecified atom stereocenters. The van der Waals surface area contributed by atoms with Crippen LogP contribution in [0.3, 0.4) is 0 Å². The van der Waals surface area contributed by atoms with Gasteiger partial charge in [0, 0.05) is 59.1 Å². The Balaban J connectivity index is 2.17. The zero-order chi connectivity index (χ0) is 12.7. The predicted octanol–water partition coefficient (Wildman–Crippen LogP) is 0.340. The minimum Gasteiger partial charge on any atom is -0.389 e. The third-order valence-electron chi connectivity index (χ3n) is 2.80. The second-order valence-corrected chi connectivity index (χ2v) is 4.62. The van der Waals surface area contributed by atoms with Gasteiger partial charge in [0.1, 0.15) is 5.82 Å². The Labute approximate surface area is 103 Å². The minimum absolute atomic E-state index is 0.570. The van der Waals surface area contributed by atoms with Crippen molar-refractivity contribution in [3.63, 3.8) is 0 Å². The lowest BCUT2D eigenvalue weighted by molar-refractivity contribution is 0.0252. The van der Waals surface area contributed by atoms with Gasteiger partial charge in [0.15, 0.2) is 0 Å². The van der Waals surface area contributed by atoms with E-state index in [0.29, 0.717) is 19.6 Å². The molecule has 5 heteroatoms. The largest absolute Gasteiger partial charge is 0.389 e. The molecule has 0 amide bonds. The first-order valence-electron chi connectivity index (χ1n) is 5.93. The quantitative estimate of drug-likeness (QED) is 0.644. The molecule has 1 rings (SSSR count). The highest BCUT2D eigenvalue weighted by molar-refractivity contribution is 4.91. The van der Waals surface area contributed by atoms with E-state index in [-0.39, 0.29) is 0 Å². The average Bonchev–Trinajstić information content (AvgIpc) is 2.68. The predicted molar refractivity (Wildman–Crippen MR) is 66.9 cm³/mol. The Morgan fingerprint density at radius 2 is 2.35 bits per heavy atom. The fourth-order valence-electron chi connectivity index (χ4n) is 1.61. The van der Waals surface area contributed by atoms with Gasteiger partial charge >= 0.3 is 0 Å². The monoisotopic (exact) mass is 241 g/mol. The lowest BCUT2D eigenvalue weighted by Gasteiger charge is -2.23. The van der Waals surface area contributed by atoms with Crippen LogP contribution in [0.1, 0.15) is 19.2 Å². The summed E-state index contributed by atoms with van der Waals surface area (Å²) in [6.45, 7) is 3.78. The molecule has 17 heavy (non-hydrogen) atoms. The molecule has 2 N–H and O–H groups in total. The summed E-state index contributed by atoms with van der Waals surface area (Å²) in [5.41, 5.74) is -0.711. The number of imidazole rings is 1. The average molecular weight is 241 g/mol. The van der Waals surface area contributed by atoms with Crippen molar-refractivity contribution in [1.29, 1.82) is 0 Å². The van der Waals surface area contributed by atoms with Crippen LogP contribution in [0.15, 0.2) is 12.4 Å². The molecule has 1 heterocycles. The molecule has 0 saturated heterocycles. The van der Waals surface area contributed by atoms with E-state index in [1.165, 1.54) is 0 Å². The smallest absolute Gasteiger partial charge is 0.109 e. The van der Waals surface area contributed by atoms with E-state index in [4.69, 9.17) is 4.74 Å². The van der Waals surface area contributed by atoms with Crippen LogP contribution in [0.5, 0.6) is 0 Å². The van der Waals surface area contributed by atoms with Crippen LogP contribution in [0, 0.1) is 0 Å².